The average molecular weight is 244 g/mol. The molecule has 1 heterocycles. The summed E-state index contributed by atoms with van der Waals surface area (Å²) in [7, 11) is 0. The minimum Gasteiger partial charge on any atom is -0.460 e. The predicted octanol–water partition coefficient (Wildman–Crippen LogP) is 3.56. The summed E-state index contributed by atoms with van der Waals surface area (Å²) in [6.07, 6.45) is 1.55. The molecule has 0 unspecified atom stereocenters. The van der Waals surface area contributed by atoms with Gasteiger partial charge in [-0.3, -0.25) is 15.1 Å². The third-order valence-electron chi connectivity index (χ3n) is 2.57. The fourth-order valence-electron chi connectivity index (χ4n) is 1.61. The van der Waals surface area contributed by atoms with E-state index in [9.17, 15) is 10.1 Å². The van der Waals surface area contributed by atoms with Crippen molar-refractivity contribution >= 4 is 17.6 Å². The largest absolute Gasteiger partial charge is 0.460 e. The highest BCUT2D eigenvalue weighted by Gasteiger charge is 2.12. The van der Waals surface area contributed by atoms with Crippen LogP contribution in [0.4, 0.5) is 11.4 Å². The van der Waals surface area contributed by atoms with E-state index in [1.54, 1.807) is 31.3 Å². The number of nitro groups is 1. The third kappa shape index (κ3) is 2.45. The summed E-state index contributed by atoms with van der Waals surface area (Å²) in [6, 6.07) is 8.44. The molecule has 0 fully saturated rings. The number of nitrogens with zero attached hydrogens (tertiary/aromatic N) is 2. The highest BCUT2D eigenvalue weighted by atomic mass is 16.6. The van der Waals surface area contributed by atoms with E-state index in [2.05, 4.69) is 4.99 Å². The Hall–Kier alpha value is -2.43. The number of aliphatic imine (C=N–C) groups is 1. The maximum atomic E-state index is 10.8. The molecular formula is C13H12N2O3. The van der Waals surface area contributed by atoms with Gasteiger partial charge in [0.2, 0.25) is 0 Å². The Bertz CT molecular complexity index is 614. The van der Waals surface area contributed by atoms with Crippen molar-refractivity contribution in [1.82, 2.24) is 0 Å². The smallest absolute Gasteiger partial charge is 0.274 e. The highest BCUT2D eigenvalue weighted by molar-refractivity contribution is 5.79. The van der Waals surface area contributed by atoms with Crippen LogP contribution in [0.15, 0.2) is 39.7 Å². The lowest BCUT2D eigenvalue weighted by Gasteiger charge is -2.00. The number of furan rings is 1. The Labute approximate surface area is 104 Å². The number of nitro benzene ring substituents is 1. The summed E-state index contributed by atoms with van der Waals surface area (Å²) in [5, 5.41) is 10.8. The number of hydrogen-bond donors (Lipinski definition) is 0. The summed E-state index contributed by atoms with van der Waals surface area (Å²) in [5.41, 5.74) is 1.18. The van der Waals surface area contributed by atoms with Gasteiger partial charge in [-0.1, -0.05) is 6.07 Å². The second-order valence-electron chi connectivity index (χ2n) is 3.88. The van der Waals surface area contributed by atoms with Gasteiger partial charge in [-0.2, -0.15) is 0 Å². The fraction of sp³-hybridized carbons (Fsp3) is 0.154. The topological polar surface area (TPSA) is 68.6 Å². The quantitative estimate of drug-likeness (QED) is 0.471. The number of benzene rings is 1. The van der Waals surface area contributed by atoms with E-state index in [0.29, 0.717) is 17.0 Å². The van der Waals surface area contributed by atoms with Gasteiger partial charge < -0.3 is 4.42 Å². The van der Waals surface area contributed by atoms with Gasteiger partial charge >= 0.3 is 0 Å². The van der Waals surface area contributed by atoms with Crippen molar-refractivity contribution in [3.63, 3.8) is 0 Å². The van der Waals surface area contributed by atoms with Crippen LogP contribution >= 0.6 is 0 Å². The monoisotopic (exact) mass is 244 g/mol. The van der Waals surface area contributed by atoms with Gasteiger partial charge in [-0.25, -0.2) is 0 Å². The zero-order valence-corrected chi connectivity index (χ0v) is 10.1. The second kappa shape index (κ2) is 4.83. The van der Waals surface area contributed by atoms with Crippen LogP contribution in [0, 0.1) is 24.0 Å². The maximum Gasteiger partial charge on any atom is 0.274 e. The van der Waals surface area contributed by atoms with Gasteiger partial charge in [0.25, 0.3) is 5.69 Å². The summed E-state index contributed by atoms with van der Waals surface area (Å²) >= 11 is 0. The van der Waals surface area contributed by atoms with Gasteiger partial charge in [0, 0.05) is 6.07 Å². The summed E-state index contributed by atoms with van der Waals surface area (Å²) < 4.78 is 5.34. The van der Waals surface area contributed by atoms with E-state index in [1.807, 2.05) is 13.0 Å². The number of aryl methyl sites for hydroxylation is 1. The van der Waals surface area contributed by atoms with Crippen LogP contribution in [-0.2, 0) is 0 Å². The molecule has 0 radical (unpaired) electrons. The molecule has 0 bridgehead atoms. The fourth-order valence-corrected chi connectivity index (χ4v) is 1.61. The van der Waals surface area contributed by atoms with Gasteiger partial charge in [-0.05, 0) is 32.0 Å². The third-order valence-corrected chi connectivity index (χ3v) is 2.57. The van der Waals surface area contributed by atoms with Crippen LogP contribution in [-0.4, -0.2) is 11.1 Å². The Morgan fingerprint density at radius 2 is 2.06 bits per heavy atom. The van der Waals surface area contributed by atoms with Crippen LogP contribution in [0.1, 0.15) is 17.1 Å². The van der Waals surface area contributed by atoms with E-state index < -0.39 is 4.92 Å². The van der Waals surface area contributed by atoms with Crippen molar-refractivity contribution in [2.45, 2.75) is 13.8 Å². The lowest BCUT2D eigenvalue weighted by molar-refractivity contribution is -0.385. The lowest BCUT2D eigenvalue weighted by atomic mass is 10.1. The van der Waals surface area contributed by atoms with Crippen LogP contribution in [0.3, 0.4) is 0 Å². The molecular weight excluding hydrogens is 232 g/mol. The second-order valence-corrected chi connectivity index (χ2v) is 3.88. The first-order chi connectivity index (χ1) is 8.58. The summed E-state index contributed by atoms with van der Waals surface area (Å²) in [6.45, 7) is 3.52. The maximum absolute atomic E-state index is 10.8. The summed E-state index contributed by atoms with van der Waals surface area (Å²) in [5.74, 6) is 1.42. The summed E-state index contributed by atoms with van der Waals surface area (Å²) in [4.78, 5) is 14.6. The molecule has 92 valence electrons. The van der Waals surface area contributed by atoms with E-state index in [1.165, 1.54) is 6.07 Å². The molecule has 5 heteroatoms. The molecule has 2 aromatic rings. The SMILES string of the molecule is Cc1ccc(C=Nc2cccc([N+](=O)[O-])c2C)o1. The molecule has 1 aromatic heterocycles. The van der Waals surface area contributed by atoms with Crippen molar-refractivity contribution in [2.75, 3.05) is 0 Å². The predicted molar refractivity (Wildman–Crippen MR) is 68.5 cm³/mol. The first-order valence-electron chi connectivity index (χ1n) is 5.42. The van der Waals surface area contributed by atoms with E-state index >= 15 is 0 Å². The number of hydrogen-bond acceptors (Lipinski definition) is 4. The molecule has 0 spiro atoms. The van der Waals surface area contributed by atoms with Crippen LogP contribution in [0.2, 0.25) is 0 Å². The Morgan fingerprint density at radius 3 is 2.67 bits per heavy atom. The van der Waals surface area contributed by atoms with Crippen molar-refractivity contribution in [3.8, 4) is 0 Å². The van der Waals surface area contributed by atoms with Gasteiger partial charge in [0.15, 0.2) is 0 Å². The Kier molecular flexibility index (Phi) is 3.23. The molecule has 18 heavy (non-hydrogen) atoms. The molecule has 5 nitrogen and oxygen atoms in total. The van der Waals surface area contributed by atoms with Crippen molar-refractivity contribution in [1.29, 1.82) is 0 Å². The number of rotatable bonds is 3. The van der Waals surface area contributed by atoms with E-state index in [-0.39, 0.29) is 5.69 Å². The molecule has 0 atom stereocenters. The Balaban J connectivity index is 2.32. The standard InChI is InChI=1S/C13H12N2O3/c1-9-6-7-11(18-9)8-14-12-4-3-5-13(10(12)2)15(16)17/h3-8H,1-2H3. The highest BCUT2D eigenvalue weighted by Crippen LogP contribution is 2.27. The minimum atomic E-state index is -0.411. The molecule has 0 aliphatic heterocycles. The molecule has 0 aliphatic rings. The molecule has 0 amide bonds. The molecule has 0 N–H and O–H groups in total. The minimum absolute atomic E-state index is 0.0697. The molecule has 1 aromatic carbocycles. The lowest BCUT2D eigenvalue weighted by Crippen LogP contribution is -1.91. The van der Waals surface area contributed by atoms with Crippen molar-refractivity contribution in [3.05, 3.63) is 57.5 Å². The van der Waals surface area contributed by atoms with E-state index in [0.717, 1.165) is 5.76 Å². The zero-order chi connectivity index (χ0) is 13.1. The van der Waals surface area contributed by atoms with E-state index in [4.69, 9.17) is 4.42 Å². The van der Waals surface area contributed by atoms with Gasteiger partial charge in [0.1, 0.15) is 11.5 Å². The first-order valence-corrected chi connectivity index (χ1v) is 5.42. The van der Waals surface area contributed by atoms with Gasteiger partial charge in [0.05, 0.1) is 22.4 Å². The van der Waals surface area contributed by atoms with Crippen LogP contribution in [0.5, 0.6) is 0 Å². The van der Waals surface area contributed by atoms with Crippen molar-refractivity contribution < 1.29 is 9.34 Å². The van der Waals surface area contributed by atoms with Crippen LogP contribution in [0.25, 0.3) is 0 Å². The first kappa shape index (κ1) is 12.0. The van der Waals surface area contributed by atoms with Crippen molar-refractivity contribution in [2.24, 2.45) is 4.99 Å². The molecule has 0 saturated heterocycles. The molecule has 0 saturated carbocycles. The zero-order valence-electron chi connectivity index (χ0n) is 10.1. The van der Waals surface area contributed by atoms with Crippen LogP contribution < -0.4 is 0 Å². The normalized spacial score (nSPS) is 11.0. The molecule has 0 aliphatic carbocycles. The Morgan fingerprint density at radius 1 is 1.28 bits per heavy atom. The average Bonchev–Trinajstić information content (AvgIpc) is 2.73. The molecule has 2 rings (SSSR count). The van der Waals surface area contributed by atoms with Gasteiger partial charge in [-0.15, -0.1) is 0 Å².